The molecule has 0 unspecified atom stereocenters. The summed E-state index contributed by atoms with van der Waals surface area (Å²) in [6.07, 6.45) is 1.48. The summed E-state index contributed by atoms with van der Waals surface area (Å²) in [7, 11) is 0. The summed E-state index contributed by atoms with van der Waals surface area (Å²) < 4.78 is 4.82. The predicted molar refractivity (Wildman–Crippen MR) is 97.1 cm³/mol. The zero-order chi connectivity index (χ0) is 19.1. The summed E-state index contributed by atoms with van der Waals surface area (Å²) in [6, 6.07) is 8.42. The molecule has 0 bridgehead atoms. The maximum atomic E-state index is 12.0. The lowest BCUT2D eigenvalue weighted by Gasteiger charge is -2.09. The van der Waals surface area contributed by atoms with Crippen LogP contribution in [0.1, 0.15) is 21.5 Å². The monoisotopic (exact) mass is 375 g/mol. The molecular formula is C18H18ClN3O4. The van der Waals surface area contributed by atoms with Crippen LogP contribution in [0.2, 0.25) is 5.15 Å². The number of amides is 2. The van der Waals surface area contributed by atoms with Gasteiger partial charge in [-0.3, -0.25) is 14.4 Å². The highest BCUT2D eigenvalue weighted by Crippen LogP contribution is 2.17. The van der Waals surface area contributed by atoms with Crippen molar-refractivity contribution in [1.82, 2.24) is 10.3 Å². The maximum Gasteiger partial charge on any atom is 0.325 e. The van der Waals surface area contributed by atoms with Gasteiger partial charge in [0.1, 0.15) is 6.54 Å². The lowest BCUT2D eigenvalue weighted by Crippen LogP contribution is -2.32. The van der Waals surface area contributed by atoms with E-state index in [1.165, 1.54) is 6.20 Å². The van der Waals surface area contributed by atoms with E-state index in [-0.39, 0.29) is 11.7 Å². The van der Waals surface area contributed by atoms with Crippen LogP contribution in [0, 0.1) is 13.8 Å². The third-order valence-corrected chi connectivity index (χ3v) is 3.86. The van der Waals surface area contributed by atoms with Crippen LogP contribution in [0.4, 0.5) is 5.69 Å². The number of benzene rings is 1. The Labute approximate surface area is 155 Å². The lowest BCUT2D eigenvalue weighted by atomic mass is 10.1. The first-order valence-corrected chi connectivity index (χ1v) is 8.16. The average Bonchev–Trinajstić information content (AvgIpc) is 2.62. The number of nitrogens with one attached hydrogen (secondary N) is 2. The molecule has 0 radical (unpaired) electrons. The summed E-state index contributed by atoms with van der Waals surface area (Å²) in [5.74, 6) is -1.68. The number of hydrogen-bond donors (Lipinski definition) is 2. The van der Waals surface area contributed by atoms with Gasteiger partial charge in [0.05, 0.1) is 5.69 Å². The molecule has 2 amide bonds. The maximum absolute atomic E-state index is 12.0. The predicted octanol–water partition coefficient (Wildman–Crippen LogP) is 2.26. The van der Waals surface area contributed by atoms with Gasteiger partial charge in [-0.05, 0) is 49.2 Å². The Morgan fingerprint density at radius 3 is 2.62 bits per heavy atom. The highest BCUT2D eigenvalue weighted by Gasteiger charge is 2.12. The first kappa shape index (κ1) is 19.4. The minimum atomic E-state index is -0.727. The van der Waals surface area contributed by atoms with E-state index in [0.717, 1.165) is 11.1 Å². The van der Waals surface area contributed by atoms with Crippen LogP contribution in [0.3, 0.4) is 0 Å². The number of hydrogen-bond acceptors (Lipinski definition) is 5. The number of nitrogens with zero attached hydrogens (tertiary/aromatic N) is 1. The van der Waals surface area contributed by atoms with Crippen LogP contribution in [0.5, 0.6) is 0 Å². The van der Waals surface area contributed by atoms with E-state index in [1.54, 1.807) is 24.3 Å². The van der Waals surface area contributed by atoms with Crippen LogP contribution >= 0.6 is 11.6 Å². The Balaban J connectivity index is 1.76. The summed E-state index contributed by atoms with van der Waals surface area (Å²) >= 11 is 5.81. The smallest absolute Gasteiger partial charge is 0.325 e. The Morgan fingerprint density at radius 1 is 1.15 bits per heavy atom. The molecule has 8 heteroatoms. The molecule has 1 aromatic carbocycles. The average molecular weight is 376 g/mol. The minimum absolute atomic E-state index is 0.132. The zero-order valence-electron chi connectivity index (χ0n) is 14.3. The van der Waals surface area contributed by atoms with Gasteiger partial charge < -0.3 is 15.4 Å². The van der Waals surface area contributed by atoms with Gasteiger partial charge in [-0.1, -0.05) is 17.7 Å². The number of carbonyl (C=O) groups excluding carboxylic acids is 3. The summed E-state index contributed by atoms with van der Waals surface area (Å²) in [5.41, 5.74) is 2.81. The molecule has 26 heavy (non-hydrogen) atoms. The Morgan fingerprint density at radius 2 is 1.92 bits per heavy atom. The van der Waals surface area contributed by atoms with Crippen molar-refractivity contribution in [3.05, 3.63) is 58.4 Å². The highest BCUT2D eigenvalue weighted by atomic mass is 35.5. The second kappa shape index (κ2) is 8.96. The Bertz CT molecular complexity index is 839. The number of carbonyl (C=O) groups is 3. The molecule has 2 aromatic rings. The van der Waals surface area contributed by atoms with E-state index in [9.17, 15) is 14.4 Å². The molecule has 0 saturated heterocycles. The molecule has 2 N–H and O–H groups in total. The normalized spacial score (nSPS) is 10.1. The van der Waals surface area contributed by atoms with Crippen molar-refractivity contribution in [1.29, 1.82) is 0 Å². The second-order valence-electron chi connectivity index (χ2n) is 5.53. The van der Waals surface area contributed by atoms with Gasteiger partial charge in [0.2, 0.25) is 0 Å². The number of anilines is 1. The fourth-order valence-electron chi connectivity index (χ4n) is 2.00. The minimum Gasteiger partial charge on any atom is -0.454 e. The molecule has 2 rings (SSSR count). The van der Waals surface area contributed by atoms with Crippen molar-refractivity contribution in [2.75, 3.05) is 18.5 Å². The quantitative estimate of drug-likeness (QED) is 0.596. The van der Waals surface area contributed by atoms with Crippen LogP contribution in [-0.2, 0) is 14.3 Å². The molecule has 0 aliphatic carbocycles. The van der Waals surface area contributed by atoms with Crippen LogP contribution in [-0.4, -0.2) is 35.9 Å². The van der Waals surface area contributed by atoms with Gasteiger partial charge in [-0.25, -0.2) is 4.98 Å². The first-order valence-electron chi connectivity index (χ1n) is 7.78. The van der Waals surface area contributed by atoms with Crippen molar-refractivity contribution in [3.8, 4) is 0 Å². The molecule has 136 valence electrons. The topological polar surface area (TPSA) is 97.4 Å². The number of ether oxygens (including phenoxy) is 1. The molecule has 0 fully saturated rings. The van der Waals surface area contributed by atoms with E-state index in [1.807, 2.05) is 19.9 Å². The zero-order valence-corrected chi connectivity index (χ0v) is 15.1. The van der Waals surface area contributed by atoms with Crippen LogP contribution < -0.4 is 10.6 Å². The fourth-order valence-corrected chi connectivity index (χ4v) is 2.17. The third-order valence-electron chi connectivity index (χ3n) is 3.56. The van der Waals surface area contributed by atoms with Crippen molar-refractivity contribution >= 4 is 35.1 Å². The van der Waals surface area contributed by atoms with Crippen LogP contribution in [0.25, 0.3) is 0 Å². The van der Waals surface area contributed by atoms with Gasteiger partial charge >= 0.3 is 5.97 Å². The molecule has 0 spiro atoms. The van der Waals surface area contributed by atoms with Crippen molar-refractivity contribution in [3.63, 3.8) is 0 Å². The SMILES string of the molecule is Cc1ccc(C(=O)NCC(=O)OCC(=O)Nc2cccnc2Cl)cc1C. The number of pyridine rings is 1. The second-order valence-corrected chi connectivity index (χ2v) is 5.89. The van der Waals surface area contributed by atoms with Gasteiger partial charge in [0.15, 0.2) is 11.8 Å². The van der Waals surface area contributed by atoms with E-state index in [0.29, 0.717) is 11.3 Å². The first-order chi connectivity index (χ1) is 12.4. The molecule has 0 aliphatic rings. The van der Waals surface area contributed by atoms with E-state index >= 15 is 0 Å². The molecular weight excluding hydrogens is 358 g/mol. The molecule has 7 nitrogen and oxygen atoms in total. The number of aromatic nitrogens is 1. The number of rotatable bonds is 6. The van der Waals surface area contributed by atoms with Gasteiger partial charge in [-0.15, -0.1) is 0 Å². The molecule has 0 aliphatic heterocycles. The molecule has 1 aromatic heterocycles. The summed E-state index contributed by atoms with van der Waals surface area (Å²) in [4.78, 5) is 39.2. The third kappa shape index (κ3) is 5.56. The molecule has 1 heterocycles. The lowest BCUT2D eigenvalue weighted by molar-refractivity contribution is -0.146. The van der Waals surface area contributed by atoms with Crippen molar-refractivity contribution in [2.24, 2.45) is 0 Å². The highest BCUT2D eigenvalue weighted by molar-refractivity contribution is 6.32. The fraction of sp³-hybridized carbons (Fsp3) is 0.222. The molecule has 0 atom stereocenters. The molecule has 0 saturated carbocycles. The van der Waals surface area contributed by atoms with Gasteiger partial charge in [0.25, 0.3) is 11.8 Å². The number of halogens is 1. The van der Waals surface area contributed by atoms with Crippen molar-refractivity contribution in [2.45, 2.75) is 13.8 Å². The van der Waals surface area contributed by atoms with E-state index in [4.69, 9.17) is 16.3 Å². The standard InChI is InChI=1S/C18H18ClN3O4/c1-11-5-6-13(8-12(11)2)18(25)21-9-16(24)26-10-15(23)22-14-4-3-7-20-17(14)19/h3-8H,9-10H2,1-2H3,(H,21,25)(H,22,23). The summed E-state index contributed by atoms with van der Waals surface area (Å²) in [6.45, 7) is 3.00. The number of esters is 1. The van der Waals surface area contributed by atoms with Gasteiger partial charge in [-0.2, -0.15) is 0 Å². The van der Waals surface area contributed by atoms with E-state index in [2.05, 4.69) is 15.6 Å². The summed E-state index contributed by atoms with van der Waals surface area (Å²) in [5, 5.41) is 5.05. The van der Waals surface area contributed by atoms with E-state index < -0.39 is 24.4 Å². The van der Waals surface area contributed by atoms with Crippen LogP contribution in [0.15, 0.2) is 36.5 Å². The Kier molecular flexibility index (Phi) is 6.68. The largest absolute Gasteiger partial charge is 0.454 e. The van der Waals surface area contributed by atoms with Gasteiger partial charge in [0, 0.05) is 11.8 Å². The number of aryl methyl sites for hydroxylation is 2. The Hall–Kier alpha value is -2.93. The van der Waals surface area contributed by atoms with Crippen molar-refractivity contribution < 1.29 is 19.1 Å².